The number of nitrogens with zero attached hydrogens (tertiary/aromatic N) is 5. The molecule has 248 valence electrons. The molecule has 0 saturated carbocycles. The number of piperidine rings is 2. The molecule has 3 fully saturated rings. The van der Waals surface area contributed by atoms with Gasteiger partial charge in [-0.05, 0) is 94.3 Å². The van der Waals surface area contributed by atoms with Crippen LogP contribution in [-0.4, -0.2) is 120 Å². The molecule has 6 rings (SSSR count). The highest BCUT2D eigenvalue weighted by Gasteiger charge is 2.36. The van der Waals surface area contributed by atoms with E-state index in [1.165, 1.54) is 0 Å². The molecular weight excluding hydrogens is 582 g/mol. The molecule has 4 aliphatic heterocycles. The van der Waals surface area contributed by atoms with Crippen LogP contribution in [-0.2, 0) is 22.4 Å². The molecule has 1 atom stereocenters. The van der Waals surface area contributed by atoms with Crippen LogP contribution in [0.2, 0.25) is 0 Å². The molecule has 0 radical (unpaired) electrons. The van der Waals surface area contributed by atoms with Crippen LogP contribution >= 0.6 is 0 Å². The van der Waals surface area contributed by atoms with Gasteiger partial charge >= 0.3 is 12.1 Å². The predicted octanol–water partition coefficient (Wildman–Crippen LogP) is 3.59. The number of aryl methyl sites for hydroxylation is 2. The van der Waals surface area contributed by atoms with Gasteiger partial charge in [-0.15, -0.1) is 0 Å². The number of amides is 4. The number of urea groups is 1. The Hall–Kier alpha value is -3.70. The number of pyridine rings is 1. The Bertz CT molecular complexity index is 1380. The van der Waals surface area contributed by atoms with Gasteiger partial charge in [0.15, 0.2) is 6.10 Å². The number of carbonyl (C=O) groups is 3. The summed E-state index contributed by atoms with van der Waals surface area (Å²) in [5, 5.41) is 6.53. The van der Waals surface area contributed by atoms with Gasteiger partial charge in [-0.3, -0.25) is 14.7 Å². The van der Waals surface area contributed by atoms with E-state index in [0.29, 0.717) is 51.6 Å². The molecule has 1 aromatic heterocycles. The van der Waals surface area contributed by atoms with Gasteiger partial charge < -0.3 is 30.1 Å². The van der Waals surface area contributed by atoms with Crippen LogP contribution < -0.4 is 10.6 Å². The van der Waals surface area contributed by atoms with Crippen LogP contribution in [0.3, 0.4) is 0 Å². The topological polar surface area (TPSA) is 110 Å². The first-order valence-electron chi connectivity index (χ1n) is 17.1. The van der Waals surface area contributed by atoms with E-state index in [4.69, 9.17) is 4.74 Å². The quantitative estimate of drug-likeness (QED) is 0.502. The molecule has 3 saturated heterocycles. The Morgan fingerprint density at radius 2 is 1.65 bits per heavy atom. The Labute approximate surface area is 272 Å². The van der Waals surface area contributed by atoms with Crippen molar-refractivity contribution in [1.82, 2.24) is 29.9 Å². The van der Waals surface area contributed by atoms with Crippen molar-refractivity contribution in [2.24, 2.45) is 0 Å². The molecule has 0 unspecified atom stereocenters. The number of para-hydroxylation sites is 1. The predicted molar refractivity (Wildman–Crippen MR) is 177 cm³/mol. The third-order valence-corrected chi connectivity index (χ3v) is 10.3. The second-order valence-electron chi connectivity index (χ2n) is 13.3. The highest BCUT2D eigenvalue weighted by molar-refractivity contribution is 5.91. The number of aromatic nitrogens is 1. The lowest BCUT2D eigenvalue weighted by Gasteiger charge is -2.39. The lowest BCUT2D eigenvalue weighted by molar-refractivity contribution is -0.142. The van der Waals surface area contributed by atoms with Gasteiger partial charge in [0.25, 0.3) is 5.91 Å². The molecular formula is C35H49N7O4. The number of hydrogen-bond acceptors (Lipinski definition) is 7. The molecule has 0 bridgehead atoms. The molecule has 0 spiro atoms. The van der Waals surface area contributed by atoms with Gasteiger partial charge in [-0.2, -0.15) is 0 Å². The van der Waals surface area contributed by atoms with Crippen molar-refractivity contribution >= 4 is 23.7 Å². The number of rotatable bonds is 6. The molecule has 4 aliphatic rings. The SMILES string of the molecule is Cc1cnc(C[C@@H](OC(=O)N2CCC(N3CCc4ccccc4NC3=O)CC2)C(=O)N2CCC(N3CCCNCC3)CC2)cc1C. The zero-order valence-corrected chi connectivity index (χ0v) is 27.4. The Morgan fingerprint density at radius 3 is 2.43 bits per heavy atom. The summed E-state index contributed by atoms with van der Waals surface area (Å²) < 4.78 is 6.05. The summed E-state index contributed by atoms with van der Waals surface area (Å²) in [5.74, 6) is -0.139. The molecule has 5 heterocycles. The van der Waals surface area contributed by atoms with E-state index in [2.05, 4.69) is 26.6 Å². The molecule has 4 amide bonds. The van der Waals surface area contributed by atoms with Gasteiger partial charge in [0.1, 0.15) is 0 Å². The number of nitrogens with one attached hydrogen (secondary N) is 2. The maximum absolute atomic E-state index is 14.0. The summed E-state index contributed by atoms with van der Waals surface area (Å²) in [6.45, 7) is 11.2. The largest absolute Gasteiger partial charge is 0.436 e. The lowest BCUT2D eigenvalue weighted by Crippen LogP contribution is -2.53. The summed E-state index contributed by atoms with van der Waals surface area (Å²) in [6, 6.07) is 10.3. The minimum absolute atomic E-state index is 0.0387. The van der Waals surface area contributed by atoms with E-state index in [1.807, 2.05) is 54.1 Å². The minimum atomic E-state index is -0.936. The van der Waals surface area contributed by atoms with Crippen LogP contribution in [0.25, 0.3) is 0 Å². The third-order valence-electron chi connectivity index (χ3n) is 10.3. The van der Waals surface area contributed by atoms with Gasteiger partial charge in [0, 0.05) is 81.9 Å². The van der Waals surface area contributed by atoms with Crippen LogP contribution in [0.1, 0.15) is 54.5 Å². The fraction of sp³-hybridized carbons (Fsp3) is 0.600. The monoisotopic (exact) mass is 631 g/mol. The van der Waals surface area contributed by atoms with Crippen molar-refractivity contribution < 1.29 is 19.1 Å². The fourth-order valence-electron chi connectivity index (χ4n) is 7.34. The first-order chi connectivity index (χ1) is 22.4. The molecule has 11 heteroatoms. The number of hydrogen-bond donors (Lipinski definition) is 2. The summed E-state index contributed by atoms with van der Waals surface area (Å²) in [5.41, 5.74) is 4.93. The Morgan fingerprint density at radius 1 is 0.913 bits per heavy atom. The van der Waals surface area contributed by atoms with Crippen molar-refractivity contribution in [3.63, 3.8) is 0 Å². The number of anilines is 1. The van der Waals surface area contributed by atoms with E-state index in [-0.39, 0.29) is 24.4 Å². The van der Waals surface area contributed by atoms with E-state index in [0.717, 1.165) is 79.9 Å². The minimum Gasteiger partial charge on any atom is -0.436 e. The van der Waals surface area contributed by atoms with Crippen molar-refractivity contribution in [3.05, 3.63) is 58.9 Å². The van der Waals surface area contributed by atoms with E-state index in [9.17, 15) is 14.4 Å². The van der Waals surface area contributed by atoms with Crippen molar-refractivity contribution in [3.8, 4) is 0 Å². The zero-order valence-electron chi connectivity index (χ0n) is 27.4. The lowest BCUT2D eigenvalue weighted by atomic mass is 10.0. The van der Waals surface area contributed by atoms with Gasteiger partial charge in [0.05, 0.1) is 0 Å². The molecule has 2 aromatic rings. The number of fused-ring (bicyclic) bond motifs is 1. The Balaban J connectivity index is 1.07. The fourth-order valence-corrected chi connectivity index (χ4v) is 7.34. The maximum atomic E-state index is 14.0. The maximum Gasteiger partial charge on any atom is 0.410 e. The smallest absolute Gasteiger partial charge is 0.410 e. The first kappa shape index (κ1) is 32.2. The van der Waals surface area contributed by atoms with Crippen LogP contribution in [0.5, 0.6) is 0 Å². The van der Waals surface area contributed by atoms with Gasteiger partial charge in [-0.1, -0.05) is 18.2 Å². The number of likely N-dealkylation sites (tertiary alicyclic amines) is 2. The average molecular weight is 632 g/mol. The standard InChI is InChI=1S/C35H49N7O4/c1-25-22-28(37-24-26(25)2)23-32(33(43)40-16-9-29(10-17-40)39-15-5-13-36-14-21-39)46-35(45)41-18-11-30(12-19-41)42-20-8-27-6-3-4-7-31(27)38-34(42)44/h3-4,6-7,22,24,29-30,32,36H,5,8-21,23H2,1-2H3,(H,38,44)/t32-/m1/s1. The molecule has 0 aliphatic carbocycles. The highest BCUT2D eigenvalue weighted by Crippen LogP contribution is 2.26. The summed E-state index contributed by atoms with van der Waals surface area (Å²) in [4.78, 5) is 53.2. The van der Waals surface area contributed by atoms with Crippen LogP contribution in [0, 0.1) is 13.8 Å². The van der Waals surface area contributed by atoms with Crippen molar-refractivity contribution in [2.45, 2.75) is 77.0 Å². The van der Waals surface area contributed by atoms with Crippen molar-refractivity contribution in [1.29, 1.82) is 0 Å². The summed E-state index contributed by atoms with van der Waals surface area (Å²) in [6.07, 6.45) is 5.77. The molecule has 46 heavy (non-hydrogen) atoms. The van der Waals surface area contributed by atoms with Gasteiger partial charge in [0.2, 0.25) is 0 Å². The highest BCUT2D eigenvalue weighted by atomic mass is 16.6. The van der Waals surface area contributed by atoms with Gasteiger partial charge in [-0.25, -0.2) is 9.59 Å². The van der Waals surface area contributed by atoms with E-state index in [1.54, 1.807) is 4.90 Å². The summed E-state index contributed by atoms with van der Waals surface area (Å²) >= 11 is 0. The molecule has 2 N–H and O–H groups in total. The first-order valence-corrected chi connectivity index (χ1v) is 17.1. The second kappa shape index (κ2) is 14.8. The number of benzene rings is 1. The number of carbonyl (C=O) groups excluding carboxylic acids is 3. The molecule has 11 nitrogen and oxygen atoms in total. The normalized spacial score (nSPS) is 21.2. The second-order valence-corrected chi connectivity index (χ2v) is 13.3. The van der Waals surface area contributed by atoms with E-state index >= 15 is 0 Å². The Kier molecular flexibility index (Phi) is 10.4. The number of ether oxygens (including phenoxy) is 1. The average Bonchev–Trinajstić information content (AvgIpc) is 3.45. The van der Waals surface area contributed by atoms with Crippen molar-refractivity contribution in [2.75, 3.05) is 64.2 Å². The van der Waals surface area contributed by atoms with Crippen LogP contribution in [0.15, 0.2) is 36.5 Å². The van der Waals surface area contributed by atoms with E-state index < -0.39 is 12.2 Å². The van der Waals surface area contributed by atoms with Crippen LogP contribution in [0.4, 0.5) is 15.3 Å². The summed E-state index contributed by atoms with van der Waals surface area (Å²) in [7, 11) is 0. The zero-order chi connectivity index (χ0) is 32.0. The third kappa shape index (κ3) is 7.63. The molecule has 1 aromatic carbocycles.